The molecule has 0 aliphatic heterocycles. The monoisotopic (exact) mass is 245 g/mol. The van der Waals surface area contributed by atoms with Gasteiger partial charge in [0, 0.05) is 22.2 Å². The van der Waals surface area contributed by atoms with Crippen LogP contribution in [0.1, 0.15) is 23.2 Å². The van der Waals surface area contributed by atoms with Crippen LogP contribution in [0, 0.1) is 0 Å². The molecule has 92 valence electrons. The lowest BCUT2D eigenvalue weighted by molar-refractivity contribution is 0.976. The summed E-state index contributed by atoms with van der Waals surface area (Å²) in [6, 6.07) is 19.4. The third-order valence-corrected chi connectivity index (χ3v) is 3.89. The van der Waals surface area contributed by atoms with Crippen LogP contribution < -0.4 is 0 Å². The summed E-state index contributed by atoms with van der Waals surface area (Å²) in [6.45, 7) is 0. The molecule has 0 amide bonds. The molecule has 1 heteroatoms. The molecular formula is C18H15N. The number of nitrogens with one attached hydrogen (secondary N) is 1. The predicted molar refractivity (Wildman–Crippen MR) is 80.1 cm³/mol. The Morgan fingerprint density at radius 3 is 2.68 bits per heavy atom. The quantitative estimate of drug-likeness (QED) is 0.647. The number of aromatic amines is 1. The van der Waals surface area contributed by atoms with E-state index >= 15 is 0 Å². The van der Waals surface area contributed by atoms with Gasteiger partial charge in [-0.1, -0.05) is 48.5 Å². The van der Waals surface area contributed by atoms with Crippen molar-refractivity contribution in [3.8, 4) is 0 Å². The van der Waals surface area contributed by atoms with Crippen LogP contribution in [0.3, 0.4) is 0 Å². The lowest BCUT2D eigenvalue weighted by Crippen LogP contribution is -2.00. The fourth-order valence-corrected chi connectivity index (χ4v) is 2.96. The summed E-state index contributed by atoms with van der Waals surface area (Å²) in [5.74, 6) is 0. The van der Waals surface area contributed by atoms with Gasteiger partial charge in [0.05, 0.1) is 0 Å². The van der Waals surface area contributed by atoms with Crippen LogP contribution >= 0.6 is 0 Å². The Bertz CT molecular complexity index is 744. The number of allylic oxidation sites excluding steroid dienone is 1. The van der Waals surface area contributed by atoms with Gasteiger partial charge in [0.15, 0.2) is 0 Å². The Hall–Kier alpha value is -2.28. The average molecular weight is 245 g/mol. The lowest BCUT2D eigenvalue weighted by Gasteiger charge is -2.16. The minimum Gasteiger partial charge on any atom is -0.355 e. The largest absolute Gasteiger partial charge is 0.355 e. The van der Waals surface area contributed by atoms with E-state index in [-0.39, 0.29) is 0 Å². The van der Waals surface area contributed by atoms with E-state index in [1.54, 1.807) is 0 Å². The van der Waals surface area contributed by atoms with E-state index in [1.165, 1.54) is 33.3 Å². The van der Waals surface area contributed by atoms with Gasteiger partial charge in [-0.3, -0.25) is 0 Å². The summed E-state index contributed by atoms with van der Waals surface area (Å²) < 4.78 is 0. The molecule has 0 saturated heterocycles. The summed E-state index contributed by atoms with van der Waals surface area (Å²) in [6.07, 6.45) is 4.63. The van der Waals surface area contributed by atoms with Crippen molar-refractivity contribution in [2.75, 3.05) is 0 Å². The first-order valence-electron chi connectivity index (χ1n) is 6.78. The van der Waals surface area contributed by atoms with Crippen LogP contribution in [0.15, 0.2) is 60.7 Å². The summed E-state index contributed by atoms with van der Waals surface area (Å²) in [5, 5.41) is 1.28. The van der Waals surface area contributed by atoms with Gasteiger partial charge in [-0.15, -0.1) is 0 Å². The first kappa shape index (κ1) is 10.6. The number of hydrogen-bond donors (Lipinski definition) is 1. The van der Waals surface area contributed by atoms with Gasteiger partial charge >= 0.3 is 0 Å². The Morgan fingerprint density at radius 2 is 1.74 bits per heavy atom. The zero-order valence-electron chi connectivity index (χ0n) is 10.7. The van der Waals surface area contributed by atoms with E-state index in [1.807, 2.05) is 0 Å². The van der Waals surface area contributed by atoms with E-state index < -0.39 is 0 Å². The molecule has 0 spiro atoms. The molecule has 0 fully saturated rings. The van der Waals surface area contributed by atoms with Crippen LogP contribution in [0.2, 0.25) is 0 Å². The molecule has 1 N–H and O–H groups in total. The zero-order chi connectivity index (χ0) is 12.7. The number of aryl methyl sites for hydroxylation is 1. The van der Waals surface area contributed by atoms with Crippen LogP contribution in [-0.2, 0) is 6.42 Å². The van der Waals surface area contributed by atoms with Gasteiger partial charge in [-0.2, -0.15) is 0 Å². The molecule has 1 aromatic heterocycles. The minimum absolute atomic E-state index is 1.13. The second kappa shape index (κ2) is 4.13. The Labute approximate surface area is 112 Å². The Morgan fingerprint density at radius 1 is 0.895 bits per heavy atom. The van der Waals surface area contributed by atoms with Crippen molar-refractivity contribution in [2.24, 2.45) is 0 Å². The molecule has 0 radical (unpaired) electrons. The highest BCUT2D eigenvalue weighted by Crippen LogP contribution is 2.32. The molecule has 1 nitrogen and oxygen atoms in total. The second-order valence-corrected chi connectivity index (χ2v) is 5.08. The van der Waals surface area contributed by atoms with Crippen LogP contribution in [0.4, 0.5) is 0 Å². The summed E-state index contributed by atoms with van der Waals surface area (Å²) in [5.41, 5.74) is 6.62. The Balaban J connectivity index is 1.90. The van der Waals surface area contributed by atoms with E-state index in [0.717, 1.165) is 12.8 Å². The predicted octanol–water partition coefficient (Wildman–Crippen LogP) is 4.55. The molecule has 1 aliphatic rings. The summed E-state index contributed by atoms with van der Waals surface area (Å²) in [4.78, 5) is 3.54. The number of benzene rings is 2. The van der Waals surface area contributed by atoms with Crippen molar-refractivity contribution in [2.45, 2.75) is 12.8 Å². The molecule has 2 aromatic carbocycles. The molecule has 0 atom stereocenters. The highest BCUT2D eigenvalue weighted by molar-refractivity contribution is 5.89. The highest BCUT2D eigenvalue weighted by Gasteiger charge is 2.14. The third-order valence-electron chi connectivity index (χ3n) is 3.89. The highest BCUT2D eigenvalue weighted by atomic mass is 14.7. The molecule has 0 saturated carbocycles. The van der Waals surface area contributed by atoms with Crippen LogP contribution in [0.5, 0.6) is 0 Å². The molecule has 19 heavy (non-hydrogen) atoms. The SMILES string of the molecule is C1=C(c2cc3ccccc3[nH]2)c2ccccc2CC1. The van der Waals surface area contributed by atoms with Gasteiger partial charge in [0.2, 0.25) is 0 Å². The molecule has 3 aromatic rings. The number of para-hydroxylation sites is 1. The maximum atomic E-state index is 3.54. The number of aromatic nitrogens is 1. The van der Waals surface area contributed by atoms with Gasteiger partial charge in [-0.25, -0.2) is 0 Å². The van der Waals surface area contributed by atoms with E-state index in [0.29, 0.717) is 0 Å². The van der Waals surface area contributed by atoms with Gasteiger partial charge in [0.25, 0.3) is 0 Å². The molecule has 0 bridgehead atoms. The van der Waals surface area contributed by atoms with Gasteiger partial charge in [-0.05, 0) is 36.1 Å². The molecular weight excluding hydrogens is 230 g/mol. The standard InChI is InChI=1S/C18H15N/c1-3-9-15-13(6-1)8-5-10-16(15)18-12-14-7-2-4-11-17(14)19-18/h1-4,6-7,9-12,19H,5,8H2. The molecule has 0 unspecified atom stereocenters. The van der Waals surface area contributed by atoms with Gasteiger partial charge in [0.1, 0.15) is 0 Å². The topological polar surface area (TPSA) is 15.8 Å². The van der Waals surface area contributed by atoms with Crippen molar-refractivity contribution in [3.05, 3.63) is 77.5 Å². The molecule has 4 rings (SSSR count). The van der Waals surface area contributed by atoms with Crippen LogP contribution in [-0.4, -0.2) is 4.98 Å². The maximum Gasteiger partial charge on any atom is 0.0467 e. The third kappa shape index (κ3) is 1.70. The van der Waals surface area contributed by atoms with Crippen molar-refractivity contribution in [3.63, 3.8) is 0 Å². The van der Waals surface area contributed by atoms with Crippen LogP contribution in [0.25, 0.3) is 16.5 Å². The molecule has 1 aliphatic carbocycles. The summed E-state index contributed by atoms with van der Waals surface area (Å²) in [7, 11) is 0. The van der Waals surface area contributed by atoms with E-state index in [2.05, 4.69) is 65.7 Å². The molecule has 1 heterocycles. The number of fused-ring (bicyclic) bond motifs is 2. The van der Waals surface area contributed by atoms with Crippen molar-refractivity contribution >= 4 is 16.5 Å². The van der Waals surface area contributed by atoms with Crippen molar-refractivity contribution in [1.29, 1.82) is 0 Å². The lowest BCUT2D eigenvalue weighted by atomic mass is 9.89. The number of hydrogen-bond acceptors (Lipinski definition) is 0. The maximum absolute atomic E-state index is 3.54. The minimum atomic E-state index is 1.13. The van der Waals surface area contributed by atoms with Crippen molar-refractivity contribution < 1.29 is 0 Å². The summed E-state index contributed by atoms with van der Waals surface area (Å²) >= 11 is 0. The Kier molecular flexibility index (Phi) is 2.31. The first-order chi connectivity index (χ1) is 9.42. The number of rotatable bonds is 1. The number of H-pyrrole nitrogens is 1. The fraction of sp³-hybridized carbons (Fsp3) is 0.111. The smallest absolute Gasteiger partial charge is 0.0467 e. The van der Waals surface area contributed by atoms with E-state index in [4.69, 9.17) is 0 Å². The first-order valence-corrected chi connectivity index (χ1v) is 6.78. The second-order valence-electron chi connectivity index (χ2n) is 5.08. The average Bonchev–Trinajstić information content (AvgIpc) is 2.90. The zero-order valence-corrected chi connectivity index (χ0v) is 10.7. The fourth-order valence-electron chi connectivity index (χ4n) is 2.96. The van der Waals surface area contributed by atoms with Crippen molar-refractivity contribution in [1.82, 2.24) is 4.98 Å². The van der Waals surface area contributed by atoms with E-state index in [9.17, 15) is 0 Å². The normalized spacial score (nSPS) is 14.2. The van der Waals surface area contributed by atoms with Gasteiger partial charge < -0.3 is 4.98 Å².